The lowest BCUT2D eigenvalue weighted by atomic mass is 10.2. The maximum Gasteiger partial charge on any atom is 0.280 e. The molecule has 1 atom stereocenters. The molecular formula is C9H13F2N3. The monoisotopic (exact) mass is 201 g/mol. The van der Waals surface area contributed by atoms with Gasteiger partial charge >= 0.3 is 0 Å². The van der Waals surface area contributed by atoms with Crippen LogP contribution in [0.1, 0.15) is 32.4 Å². The minimum atomic E-state index is -2.55. The first-order valence-electron chi connectivity index (χ1n) is 4.50. The summed E-state index contributed by atoms with van der Waals surface area (Å²) in [5.41, 5.74) is -0.245. The van der Waals surface area contributed by atoms with Crippen molar-refractivity contribution in [3.8, 4) is 0 Å². The van der Waals surface area contributed by atoms with E-state index in [1.165, 1.54) is 6.07 Å². The van der Waals surface area contributed by atoms with Gasteiger partial charge < -0.3 is 5.32 Å². The van der Waals surface area contributed by atoms with Crippen molar-refractivity contribution in [1.82, 2.24) is 9.97 Å². The third-order valence-electron chi connectivity index (χ3n) is 1.92. The molecule has 0 saturated heterocycles. The van der Waals surface area contributed by atoms with Crippen LogP contribution >= 0.6 is 0 Å². The second-order valence-electron chi connectivity index (χ2n) is 3.08. The average Bonchev–Trinajstić information content (AvgIpc) is 2.18. The first kappa shape index (κ1) is 10.8. The lowest BCUT2D eigenvalue weighted by Gasteiger charge is -2.11. The Morgan fingerprint density at radius 2 is 2.14 bits per heavy atom. The van der Waals surface area contributed by atoms with Crippen LogP contribution in [0, 0.1) is 0 Å². The van der Waals surface area contributed by atoms with Crippen LogP contribution in [0.4, 0.5) is 14.6 Å². The number of alkyl halides is 2. The van der Waals surface area contributed by atoms with E-state index in [0.717, 1.165) is 12.7 Å². The van der Waals surface area contributed by atoms with Gasteiger partial charge in [0, 0.05) is 12.1 Å². The number of nitrogens with one attached hydrogen (secondary N) is 1. The van der Waals surface area contributed by atoms with Gasteiger partial charge in [-0.25, -0.2) is 18.7 Å². The summed E-state index contributed by atoms with van der Waals surface area (Å²) >= 11 is 0. The van der Waals surface area contributed by atoms with Crippen LogP contribution in [0.3, 0.4) is 0 Å². The number of anilines is 1. The lowest BCUT2D eigenvalue weighted by Crippen LogP contribution is -2.14. The molecule has 5 heteroatoms. The summed E-state index contributed by atoms with van der Waals surface area (Å²) in [6.07, 6.45) is -0.490. The highest BCUT2D eigenvalue weighted by molar-refractivity contribution is 5.35. The number of hydrogen-bond donors (Lipinski definition) is 1. The molecule has 0 amide bonds. The Morgan fingerprint density at radius 3 is 2.71 bits per heavy atom. The van der Waals surface area contributed by atoms with Crippen LogP contribution in [0.2, 0.25) is 0 Å². The summed E-state index contributed by atoms with van der Waals surface area (Å²) in [4.78, 5) is 7.33. The smallest absolute Gasteiger partial charge is 0.280 e. The maximum absolute atomic E-state index is 12.2. The molecule has 0 saturated carbocycles. The van der Waals surface area contributed by atoms with Gasteiger partial charge in [-0.15, -0.1) is 0 Å². The number of rotatable bonds is 4. The third-order valence-corrected chi connectivity index (χ3v) is 1.92. The normalized spacial score (nSPS) is 12.9. The van der Waals surface area contributed by atoms with E-state index in [9.17, 15) is 8.78 Å². The van der Waals surface area contributed by atoms with Gasteiger partial charge in [0.15, 0.2) is 0 Å². The van der Waals surface area contributed by atoms with Crippen molar-refractivity contribution in [3.63, 3.8) is 0 Å². The Hall–Kier alpha value is -1.26. The van der Waals surface area contributed by atoms with Crippen LogP contribution in [-0.2, 0) is 0 Å². The fourth-order valence-corrected chi connectivity index (χ4v) is 0.925. The van der Waals surface area contributed by atoms with E-state index in [4.69, 9.17) is 0 Å². The number of halogens is 2. The van der Waals surface area contributed by atoms with Crippen molar-refractivity contribution in [2.24, 2.45) is 0 Å². The largest absolute Gasteiger partial charge is 0.368 e. The van der Waals surface area contributed by atoms with E-state index in [0.29, 0.717) is 5.82 Å². The molecule has 0 radical (unpaired) electrons. The Labute approximate surface area is 81.6 Å². The van der Waals surface area contributed by atoms with Gasteiger partial charge in [0.1, 0.15) is 17.8 Å². The van der Waals surface area contributed by atoms with Gasteiger partial charge in [-0.3, -0.25) is 0 Å². The second-order valence-corrected chi connectivity index (χ2v) is 3.08. The summed E-state index contributed by atoms with van der Waals surface area (Å²) in [5, 5.41) is 3.00. The standard InChI is InChI=1S/C9H13F2N3/c1-3-6(2)14-8-4-7(9(10)11)12-5-13-8/h4-6,9H,3H2,1-2H3,(H,12,13,14). The van der Waals surface area contributed by atoms with Gasteiger partial charge in [-0.2, -0.15) is 0 Å². The van der Waals surface area contributed by atoms with Crippen LogP contribution < -0.4 is 5.32 Å². The minimum absolute atomic E-state index is 0.218. The molecule has 3 nitrogen and oxygen atoms in total. The summed E-state index contributed by atoms with van der Waals surface area (Å²) in [6.45, 7) is 3.97. The molecule has 0 bridgehead atoms. The highest BCUT2D eigenvalue weighted by Gasteiger charge is 2.10. The lowest BCUT2D eigenvalue weighted by molar-refractivity contribution is 0.146. The number of aromatic nitrogens is 2. The van der Waals surface area contributed by atoms with Crippen LogP contribution in [0.5, 0.6) is 0 Å². The Kier molecular flexibility index (Phi) is 3.73. The van der Waals surface area contributed by atoms with E-state index >= 15 is 0 Å². The molecule has 0 spiro atoms. The van der Waals surface area contributed by atoms with E-state index in [2.05, 4.69) is 15.3 Å². The van der Waals surface area contributed by atoms with Crippen LogP contribution in [0.15, 0.2) is 12.4 Å². The topological polar surface area (TPSA) is 37.8 Å². The van der Waals surface area contributed by atoms with E-state index < -0.39 is 6.43 Å². The molecule has 1 aromatic rings. The van der Waals surface area contributed by atoms with Crippen LogP contribution in [-0.4, -0.2) is 16.0 Å². The first-order chi connectivity index (χ1) is 6.63. The molecule has 1 heterocycles. The summed E-state index contributed by atoms with van der Waals surface area (Å²) in [6, 6.07) is 1.49. The predicted octanol–water partition coefficient (Wildman–Crippen LogP) is 2.62. The van der Waals surface area contributed by atoms with Crippen molar-refractivity contribution in [2.75, 3.05) is 5.32 Å². The van der Waals surface area contributed by atoms with Gasteiger partial charge in [0.05, 0.1) is 0 Å². The minimum Gasteiger partial charge on any atom is -0.368 e. The molecule has 1 aromatic heterocycles. The zero-order valence-electron chi connectivity index (χ0n) is 8.17. The zero-order valence-corrected chi connectivity index (χ0v) is 8.17. The summed E-state index contributed by atoms with van der Waals surface area (Å²) < 4.78 is 24.5. The van der Waals surface area contributed by atoms with E-state index in [1.807, 2.05) is 13.8 Å². The Morgan fingerprint density at radius 1 is 1.43 bits per heavy atom. The van der Waals surface area contributed by atoms with Gasteiger partial charge in [0.2, 0.25) is 0 Å². The Balaban J connectivity index is 2.73. The molecule has 1 N–H and O–H groups in total. The SMILES string of the molecule is CCC(C)Nc1cc(C(F)F)ncn1. The second kappa shape index (κ2) is 4.83. The molecule has 0 aliphatic heterocycles. The number of hydrogen-bond acceptors (Lipinski definition) is 3. The molecule has 1 rings (SSSR count). The Bertz CT molecular complexity index is 291. The zero-order chi connectivity index (χ0) is 10.6. The van der Waals surface area contributed by atoms with Crippen molar-refractivity contribution in [1.29, 1.82) is 0 Å². The fraction of sp³-hybridized carbons (Fsp3) is 0.556. The quantitative estimate of drug-likeness (QED) is 0.813. The van der Waals surface area contributed by atoms with Crippen LogP contribution in [0.25, 0.3) is 0 Å². The average molecular weight is 201 g/mol. The van der Waals surface area contributed by atoms with Gasteiger partial charge in [0.25, 0.3) is 6.43 Å². The van der Waals surface area contributed by atoms with E-state index in [-0.39, 0.29) is 11.7 Å². The molecule has 14 heavy (non-hydrogen) atoms. The van der Waals surface area contributed by atoms with Crippen molar-refractivity contribution < 1.29 is 8.78 Å². The molecule has 78 valence electrons. The maximum atomic E-state index is 12.2. The molecule has 0 aliphatic rings. The van der Waals surface area contributed by atoms with Crippen molar-refractivity contribution >= 4 is 5.82 Å². The number of nitrogens with zero attached hydrogens (tertiary/aromatic N) is 2. The highest BCUT2D eigenvalue weighted by Crippen LogP contribution is 2.17. The third kappa shape index (κ3) is 2.90. The molecule has 0 fully saturated rings. The van der Waals surface area contributed by atoms with E-state index in [1.54, 1.807) is 0 Å². The molecule has 0 aromatic carbocycles. The first-order valence-corrected chi connectivity index (χ1v) is 4.50. The summed E-state index contributed by atoms with van der Waals surface area (Å²) in [5.74, 6) is 0.449. The van der Waals surface area contributed by atoms with Crippen molar-refractivity contribution in [3.05, 3.63) is 18.1 Å². The highest BCUT2D eigenvalue weighted by atomic mass is 19.3. The fourth-order valence-electron chi connectivity index (χ4n) is 0.925. The summed E-state index contributed by atoms with van der Waals surface area (Å²) in [7, 11) is 0. The molecule has 0 aliphatic carbocycles. The van der Waals surface area contributed by atoms with Gasteiger partial charge in [-0.05, 0) is 13.3 Å². The van der Waals surface area contributed by atoms with Gasteiger partial charge in [-0.1, -0.05) is 6.92 Å². The predicted molar refractivity (Wildman–Crippen MR) is 50.4 cm³/mol. The molecular weight excluding hydrogens is 188 g/mol. The molecule has 1 unspecified atom stereocenters. The van der Waals surface area contributed by atoms with Crippen molar-refractivity contribution in [2.45, 2.75) is 32.7 Å².